The highest BCUT2D eigenvalue weighted by Crippen LogP contribution is 2.22. The molecule has 0 saturated carbocycles. The zero-order chi connectivity index (χ0) is 11.1. The number of benzene rings is 1. The van der Waals surface area contributed by atoms with Crippen LogP contribution in [0.1, 0.15) is 36.8 Å². The minimum atomic E-state index is 1.10. The van der Waals surface area contributed by atoms with E-state index in [1.165, 1.54) is 29.5 Å². The van der Waals surface area contributed by atoms with E-state index in [1.807, 2.05) is 6.08 Å². The number of hydrogen-bond acceptors (Lipinski definition) is 0. The van der Waals surface area contributed by atoms with E-state index >= 15 is 0 Å². The van der Waals surface area contributed by atoms with Crippen molar-refractivity contribution in [2.45, 2.75) is 32.6 Å². The van der Waals surface area contributed by atoms with Crippen LogP contribution >= 0.6 is 0 Å². The molecule has 0 heterocycles. The van der Waals surface area contributed by atoms with Crippen molar-refractivity contribution in [1.82, 2.24) is 0 Å². The van der Waals surface area contributed by atoms with Gasteiger partial charge < -0.3 is 0 Å². The van der Waals surface area contributed by atoms with Crippen molar-refractivity contribution in [1.29, 1.82) is 0 Å². The second kappa shape index (κ2) is 6.23. The minimum Gasteiger partial charge on any atom is -0.103 e. The molecule has 0 N–H and O–H groups in total. The van der Waals surface area contributed by atoms with Crippen LogP contribution in [0.25, 0.3) is 5.57 Å². The van der Waals surface area contributed by atoms with Gasteiger partial charge in [0.2, 0.25) is 0 Å². The fourth-order valence-corrected chi connectivity index (χ4v) is 1.73. The van der Waals surface area contributed by atoms with E-state index in [0.29, 0.717) is 0 Å². The van der Waals surface area contributed by atoms with E-state index in [0.717, 1.165) is 12.8 Å². The van der Waals surface area contributed by atoms with Crippen LogP contribution in [-0.4, -0.2) is 0 Å². The minimum absolute atomic E-state index is 1.10. The predicted molar refractivity (Wildman–Crippen MR) is 68.9 cm³/mol. The summed E-state index contributed by atoms with van der Waals surface area (Å²) in [5.41, 5.74) is 3.90. The van der Waals surface area contributed by atoms with Gasteiger partial charge in [-0.25, -0.2) is 0 Å². The molecule has 0 heteroatoms. The molecular formula is C15H20. The summed E-state index contributed by atoms with van der Waals surface area (Å²) in [5, 5.41) is 0. The molecule has 0 nitrogen and oxygen atoms in total. The molecule has 1 aromatic rings. The summed E-state index contributed by atoms with van der Waals surface area (Å²) in [5.74, 6) is 0. The first-order valence-electron chi connectivity index (χ1n) is 5.60. The highest BCUT2D eigenvalue weighted by molar-refractivity contribution is 5.65. The molecule has 15 heavy (non-hydrogen) atoms. The highest BCUT2D eigenvalue weighted by Gasteiger charge is 2.01. The van der Waals surface area contributed by atoms with Crippen molar-refractivity contribution in [2.75, 3.05) is 0 Å². The van der Waals surface area contributed by atoms with Gasteiger partial charge in [0.15, 0.2) is 0 Å². The third-order valence-electron chi connectivity index (χ3n) is 2.66. The standard InChI is InChI=1S/C15H20/c1-4-5-6-7-10-13(2)15-12-9-8-11-14(15)3/h4,8-9,11-12H,1-2,5-7,10H2,3H3. The van der Waals surface area contributed by atoms with Gasteiger partial charge in [-0.15, -0.1) is 6.58 Å². The fourth-order valence-electron chi connectivity index (χ4n) is 1.73. The molecule has 0 aromatic heterocycles. The van der Waals surface area contributed by atoms with Gasteiger partial charge >= 0.3 is 0 Å². The van der Waals surface area contributed by atoms with Gasteiger partial charge in [0.25, 0.3) is 0 Å². The summed E-state index contributed by atoms with van der Waals surface area (Å²) in [6.07, 6.45) is 6.61. The maximum atomic E-state index is 4.16. The fraction of sp³-hybridized carbons (Fsp3) is 0.333. The zero-order valence-corrected chi connectivity index (χ0v) is 9.63. The molecule has 0 atom stereocenters. The Morgan fingerprint density at radius 1 is 1.27 bits per heavy atom. The first-order valence-corrected chi connectivity index (χ1v) is 5.60. The van der Waals surface area contributed by atoms with Gasteiger partial charge in [-0.3, -0.25) is 0 Å². The normalized spacial score (nSPS) is 9.93. The van der Waals surface area contributed by atoms with E-state index in [-0.39, 0.29) is 0 Å². The van der Waals surface area contributed by atoms with Crippen LogP contribution in [0.3, 0.4) is 0 Å². The number of allylic oxidation sites excluding steroid dienone is 2. The Balaban J connectivity index is 2.47. The summed E-state index contributed by atoms with van der Waals surface area (Å²) in [6, 6.07) is 8.45. The molecule has 0 unspecified atom stereocenters. The molecule has 0 bridgehead atoms. The second-order valence-corrected chi connectivity index (χ2v) is 3.95. The van der Waals surface area contributed by atoms with Crippen LogP contribution in [0, 0.1) is 6.92 Å². The van der Waals surface area contributed by atoms with Crippen LogP contribution in [0.15, 0.2) is 43.5 Å². The molecule has 0 aliphatic heterocycles. The Kier molecular flexibility index (Phi) is 4.89. The van der Waals surface area contributed by atoms with E-state index in [4.69, 9.17) is 0 Å². The lowest BCUT2D eigenvalue weighted by molar-refractivity contribution is 0.770. The smallest absolute Gasteiger partial charge is 0.0201 e. The maximum absolute atomic E-state index is 4.16. The molecule has 1 aromatic carbocycles. The number of unbranched alkanes of at least 4 members (excludes halogenated alkanes) is 2. The van der Waals surface area contributed by atoms with Gasteiger partial charge in [0.1, 0.15) is 0 Å². The lowest BCUT2D eigenvalue weighted by Gasteiger charge is -2.08. The van der Waals surface area contributed by atoms with Crippen molar-refractivity contribution in [2.24, 2.45) is 0 Å². The van der Waals surface area contributed by atoms with Crippen molar-refractivity contribution in [3.8, 4) is 0 Å². The van der Waals surface area contributed by atoms with Crippen molar-refractivity contribution < 1.29 is 0 Å². The van der Waals surface area contributed by atoms with Crippen molar-refractivity contribution in [3.05, 3.63) is 54.6 Å². The van der Waals surface area contributed by atoms with Gasteiger partial charge in [0.05, 0.1) is 0 Å². The quantitative estimate of drug-likeness (QED) is 0.459. The molecular weight excluding hydrogens is 180 g/mol. The first kappa shape index (κ1) is 11.8. The Labute approximate surface area is 93.3 Å². The Morgan fingerprint density at radius 3 is 2.67 bits per heavy atom. The molecule has 0 fully saturated rings. The largest absolute Gasteiger partial charge is 0.103 e. The first-order chi connectivity index (χ1) is 7.25. The molecule has 80 valence electrons. The zero-order valence-electron chi connectivity index (χ0n) is 9.63. The van der Waals surface area contributed by atoms with Crippen LogP contribution in [0.5, 0.6) is 0 Å². The van der Waals surface area contributed by atoms with Crippen LogP contribution in [0.4, 0.5) is 0 Å². The van der Waals surface area contributed by atoms with E-state index in [9.17, 15) is 0 Å². The Hall–Kier alpha value is -1.30. The van der Waals surface area contributed by atoms with Crippen LogP contribution < -0.4 is 0 Å². The summed E-state index contributed by atoms with van der Waals surface area (Å²) >= 11 is 0. The van der Waals surface area contributed by atoms with Gasteiger partial charge in [-0.05, 0) is 49.3 Å². The average molecular weight is 200 g/mol. The molecule has 0 amide bonds. The number of hydrogen-bond donors (Lipinski definition) is 0. The molecule has 0 aliphatic rings. The summed E-state index contributed by atoms with van der Waals surface area (Å²) < 4.78 is 0. The molecule has 0 spiro atoms. The Bertz CT molecular complexity index is 334. The molecule has 1 rings (SSSR count). The molecule has 0 aliphatic carbocycles. The Morgan fingerprint density at radius 2 is 2.00 bits per heavy atom. The van der Waals surface area contributed by atoms with E-state index in [1.54, 1.807) is 0 Å². The third-order valence-corrected chi connectivity index (χ3v) is 2.66. The molecule has 0 saturated heterocycles. The maximum Gasteiger partial charge on any atom is -0.0201 e. The summed E-state index contributed by atoms with van der Waals surface area (Å²) in [7, 11) is 0. The van der Waals surface area contributed by atoms with E-state index in [2.05, 4.69) is 44.3 Å². The topological polar surface area (TPSA) is 0 Å². The summed E-state index contributed by atoms with van der Waals surface area (Å²) in [6.45, 7) is 10.0. The third kappa shape index (κ3) is 3.75. The monoisotopic (exact) mass is 200 g/mol. The van der Waals surface area contributed by atoms with Gasteiger partial charge in [0, 0.05) is 0 Å². The molecule has 0 radical (unpaired) electrons. The number of aryl methyl sites for hydroxylation is 1. The second-order valence-electron chi connectivity index (χ2n) is 3.95. The predicted octanol–water partition coefficient (Wildman–Crippen LogP) is 4.75. The van der Waals surface area contributed by atoms with E-state index < -0.39 is 0 Å². The van der Waals surface area contributed by atoms with Gasteiger partial charge in [-0.2, -0.15) is 0 Å². The average Bonchev–Trinajstić information content (AvgIpc) is 2.25. The highest BCUT2D eigenvalue weighted by atomic mass is 14.1. The van der Waals surface area contributed by atoms with Crippen molar-refractivity contribution >= 4 is 5.57 Å². The van der Waals surface area contributed by atoms with Crippen molar-refractivity contribution in [3.63, 3.8) is 0 Å². The number of rotatable bonds is 6. The van der Waals surface area contributed by atoms with Crippen LogP contribution in [0.2, 0.25) is 0 Å². The SMILES string of the molecule is C=CCCCCC(=C)c1ccccc1C. The lowest BCUT2D eigenvalue weighted by Crippen LogP contribution is -1.87. The van der Waals surface area contributed by atoms with Gasteiger partial charge in [-0.1, -0.05) is 36.9 Å². The summed E-state index contributed by atoms with van der Waals surface area (Å²) in [4.78, 5) is 0. The van der Waals surface area contributed by atoms with Crippen LogP contribution in [-0.2, 0) is 0 Å². The lowest BCUT2D eigenvalue weighted by atomic mass is 9.97.